The van der Waals surface area contributed by atoms with Gasteiger partial charge in [-0.3, -0.25) is 14.2 Å². The topological polar surface area (TPSA) is 137 Å². The highest BCUT2D eigenvalue weighted by molar-refractivity contribution is 6.31. The fraction of sp³-hybridized carbons (Fsp3) is 0.276. The van der Waals surface area contributed by atoms with Gasteiger partial charge in [0.15, 0.2) is 0 Å². The zero-order valence-electron chi connectivity index (χ0n) is 23.4. The van der Waals surface area contributed by atoms with Crippen molar-refractivity contribution in [3.63, 3.8) is 0 Å². The van der Waals surface area contributed by atoms with Crippen molar-refractivity contribution in [2.75, 3.05) is 17.4 Å². The van der Waals surface area contributed by atoms with Crippen molar-refractivity contribution in [2.24, 2.45) is 5.10 Å². The third-order valence-corrected chi connectivity index (χ3v) is 7.11. The predicted molar refractivity (Wildman–Crippen MR) is 160 cm³/mol. The number of ether oxygens (including phenoxy) is 1. The van der Waals surface area contributed by atoms with Crippen molar-refractivity contribution in [1.82, 2.24) is 25.2 Å². The number of aromatic nitrogens is 3. The summed E-state index contributed by atoms with van der Waals surface area (Å²) in [7, 11) is 1.76. The molecule has 0 saturated heterocycles. The number of aryl methyl sites for hydroxylation is 1. The molecule has 2 aliphatic rings. The summed E-state index contributed by atoms with van der Waals surface area (Å²) in [5.74, 6) is -0.261. The molecular formula is C29H29ClN8O4. The first-order valence-corrected chi connectivity index (χ1v) is 13.8. The van der Waals surface area contributed by atoms with Gasteiger partial charge in [0.25, 0.3) is 5.56 Å². The Kier molecular flexibility index (Phi) is 6.74. The van der Waals surface area contributed by atoms with Crippen molar-refractivity contribution >= 4 is 52.1 Å². The number of H-pyrrole nitrogens is 1. The normalized spacial score (nSPS) is 16.3. The average molecular weight is 589 g/mol. The summed E-state index contributed by atoms with van der Waals surface area (Å²) in [6.45, 7) is 5.41. The fourth-order valence-corrected chi connectivity index (χ4v) is 5.26. The molecule has 1 unspecified atom stereocenters. The van der Waals surface area contributed by atoms with Gasteiger partial charge in [-0.25, -0.2) is 19.9 Å². The van der Waals surface area contributed by atoms with Crippen LogP contribution < -0.4 is 21.4 Å². The van der Waals surface area contributed by atoms with Gasteiger partial charge in [0.2, 0.25) is 5.91 Å². The van der Waals surface area contributed by atoms with Crippen LogP contribution in [0.4, 0.5) is 11.4 Å². The van der Waals surface area contributed by atoms with Crippen LogP contribution in [0.15, 0.2) is 58.4 Å². The number of carbonyl (C=O) groups is 2. The molecule has 0 saturated carbocycles. The third kappa shape index (κ3) is 5.33. The smallest absolute Gasteiger partial charge is 0.355 e. The first-order chi connectivity index (χ1) is 19.9. The number of carbonyl (C=O) groups excluding carboxylic acids is 2. The second kappa shape index (κ2) is 10.3. The van der Waals surface area contributed by atoms with Crippen molar-refractivity contribution in [2.45, 2.75) is 45.3 Å². The molecular weight excluding hydrogens is 560 g/mol. The van der Waals surface area contributed by atoms with E-state index in [1.807, 2.05) is 6.07 Å². The molecule has 216 valence electrons. The Labute approximate surface area is 245 Å². The van der Waals surface area contributed by atoms with Crippen LogP contribution in [0.5, 0.6) is 0 Å². The highest BCUT2D eigenvalue weighted by atomic mass is 35.5. The van der Waals surface area contributed by atoms with E-state index in [2.05, 4.69) is 20.9 Å². The van der Waals surface area contributed by atoms with Gasteiger partial charge in [-0.05, 0) is 69.7 Å². The zero-order valence-corrected chi connectivity index (χ0v) is 24.2. The Morgan fingerprint density at radius 3 is 2.67 bits per heavy atom. The molecule has 6 rings (SSSR count). The number of aromatic amines is 1. The van der Waals surface area contributed by atoms with E-state index in [-0.39, 0.29) is 11.5 Å². The van der Waals surface area contributed by atoms with E-state index in [9.17, 15) is 14.4 Å². The van der Waals surface area contributed by atoms with Gasteiger partial charge < -0.3 is 15.0 Å². The van der Waals surface area contributed by atoms with Gasteiger partial charge in [-0.1, -0.05) is 11.6 Å². The molecule has 13 heteroatoms. The number of nitrogens with zero attached hydrogens (tertiary/aromatic N) is 5. The number of anilines is 2. The number of hydrogen-bond donors (Lipinski definition) is 3. The molecule has 0 radical (unpaired) electrons. The number of hydrogen-bond acceptors (Lipinski definition) is 9. The molecule has 0 spiro atoms. The second-order valence-electron chi connectivity index (χ2n) is 11.2. The lowest BCUT2D eigenvalue weighted by Gasteiger charge is -2.20. The minimum absolute atomic E-state index is 0.323. The zero-order chi connectivity index (χ0) is 29.8. The molecule has 4 aromatic rings. The number of rotatable bonds is 5. The number of halogens is 1. The van der Waals surface area contributed by atoms with E-state index >= 15 is 0 Å². The van der Waals surface area contributed by atoms with E-state index in [0.29, 0.717) is 52.0 Å². The maximum Gasteiger partial charge on any atom is 0.355 e. The molecule has 2 aromatic carbocycles. The first-order valence-electron chi connectivity index (χ1n) is 13.4. The van der Waals surface area contributed by atoms with Crippen LogP contribution >= 0.6 is 11.6 Å². The molecule has 12 nitrogen and oxygen atoms in total. The molecule has 1 atom stereocenters. The maximum absolute atomic E-state index is 13.4. The van der Waals surface area contributed by atoms with Crippen molar-refractivity contribution in [1.29, 1.82) is 0 Å². The molecule has 0 bridgehead atoms. The van der Waals surface area contributed by atoms with E-state index in [1.165, 1.54) is 10.6 Å². The summed E-state index contributed by atoms with van der Waals surface area (Å²) in [4.78, 5) is 47.0. The van der Waals surface area contributed by atoms with Crippen molar-refractivity contribution in [3.8, 4) is 11.3 Å². The van der Waals surface area contributed by atoms with E-state index in [0.717, 1.165) is 10.9 Å². The van der Waals surface area contributed by atoms with Gasteiger partial charge in [0.05, 0.1) is 11.4 Å². The predicted octanol–water partition coefficient (Wildman–Crippen LogP) is 4.24. The van der Waals surface area contributed by atoms with E-state index < -0.39 is 17.6 Å². The number of benzene rings is 2. The summed E-state index contributed by atoms with van der Waals surface area (Å²) in [6.07, 6.45) is 2.50. The summed E-state index contributed by atoms with van der Waals surface area (Å²) < 4.78 is 6.89. The monoisotopic (exact) mass is 588 g/mol. The highest BCUT2D eigenvalue weighted by Gasteiger charge is 2.31. The van der Waals surface area contributed by atoms with Crippen LogP contribution in [-0.4, -0.2) is 50.5 Å². The van der Waals surface area contributed by atoms with Crippen molar-refractivity contribution in [3.05, 3.63) is 75.4 Å². The third-order valence-electron chi connectivity index (χ3n) is 6.87. The van der Waals surface area contributed by atoms with Gasteiger partial charge in [0.1, 0.15) is 29.5 Å². The minimum Gasteiger partial charge on any atom is -0.455 e. The number of hydrazine groups is 2. The lowest BCUT2D eigenvalue weighted by atomic mass is 10.1. The fourth-order valence-electron chi connectivity index (χ4n) is 5.09. The van der Waals surface area contributed by atoms with Crippen LogP contribution in [0.25, 0.3) is 22.2 Å². The van der Waals surface area contributed by atoms with Crippen LogP contribution in [0.3, 0.4) is 0 Å². The molecule has 3 N–H and O–H groups in total. The lowest BCUT2D eigenvalue weighted by molar-refractivity contribution is -0.119. The second-order valence-corrected chi connectivity index (χ2v) is 11.6. The van der Waals surface area contributed by atoms with Crippen LogP contribution in [-0.2, 0) is 16.0 Å². The molecule has 42 heavy (non-hydrogen) atoms. The van der Waals surface area contributed by atoms with Gasteiger partial charge >= 0.3 is 5.97 Å². The SMILES string of the molecule is CN1N=CN(c2ccc(Cl)cc2-c2cc(=O)n3c(n2)CCC3C(=O)Nc2ccc3[nH]c(C(=O)OC(C)(C)C)cc3c2)N1. The van der Waals surface area contributed by atoms with Crippen molar-refractivity contribution < 1.29 is 14.3 Å². The number of nitrogens with one attached hydrogen (secondary N) is 3. The molecule has 4 heterocycles. The van der Waals surface area contributed by atoms with Crippen LogP contribution in [0.1, 0.15) is 49.5 Å². The minimum atomic E-state index is -0.715. The van der Waals surface area contributed by atoms with Gasteiger partial charge in [-0.2, -0.15) is 0 Å². The Balaban J connectivity index is 1.24. The first kappa shape index (κ1) is 27.5. The molecule has 0 aliphatic carbocycles. The van der Waals surface area contributed by atoms with Gasteiger partial charge in [-0.15, -0.1) is 10.6 Å². The Morgan fingerprint density at radius 1 is 1.12 bits per heavy atom. The number of esters is 1. The largest absolute Gasteiger partial charge is 0.455 e. The van der Waals surface area contributed by atoms with Crippen LogP contribution in [0, 0.1) is 0 Å². The average Bonchev–Trinajstić information content (AvgIpc) is 3.65. The number of amides is 1. The molecule has 2 aliphatic heterocycles. The summed E-state index contributed by atoms with van der Waals surface area (Å²) in [6, 6.07) is 13.0. The molecule has 0 fully saturated rings. The number of fused-ring (bicyclic) bond motifs is 2. The number of hydrazone groups is 1. The van der Waals surface area contributed by atoms with E-state index in [1.54, 1.807) is 80.7 Å². The maximum atomic E-state index is 13.4. The van der Waals surface area contributed by atoms with Gasteiger partial charge in [0, 0.05) is 46.7 Å². The Bertz CT molecular complexity index is 1820. The standard InChI is InChI=1S/C29H29ClN8O4/c1-29(2,3)42-28(41)22-12-16-11-18(6-7-20(16)33-22)32-27(40)24-9-10-25-34-21(14-26(39)38(24)25)19-13-17(30)5-8-23(19)37-15-31-36(4)35-37/h5-8,11-15,24,33,35H,9-10H2,1-4H3,(H,32,40). The summed E-state index contributed by atoms with van der Waals surface area (Å²) in [5.41, 5.74) is 5.51. The molecule has 2 aromatic heterocycles. The lowest BCUT2D eigenvalue weighted by Crippen LogP contribution is -2.38. The molecule has 1 amide bonds. The summed E-state index contributed by atoms with van der Waals surface area (Å²) >= 11 is 6.31. The highest BCUT2D eigenvalue weighted by Crippen LogP contribution is 2.33. The van der Waals surface area contributed by atoms with E-state index in [4.69, 9.17) is 21.3 Å². The Morgan fingerprint density at radius 2 is 1.93 bits per heavy atom. The summed E-state index contributed by atoms with van der Waals surface area (Å²) in [5, 5.41) is 11.6. The van der Waals surface area contributed by atoms with Crippen LogP contribution in [0.2, 0.25) is 5.02 Å². The quantitative estimate of drug-likeness (QED) is 0.294. The Hall–Kier alpha value is -4.68.